The largest absolute Gasteiger partial charge is 0.356 e. The summed E-state index contributed by atoms with van der Waals surface area (Å²) in [5.41, 5.74) is 0.631. The van der Waals surface area contributed by atoms with Crippen molar-refractivity contribution in [2.24, 2.45) is 11.3 Å². The average molecular weight is 334 g/mol. The van der Waals surface area contributed by atoms with Crippen molar-refractivity contribution in [2.75, 3.05) is 19.6 Å². The van der Waals surface area contributed by atoms with Crippen molar-refractivity contribution in [3.8, 4) is 0 Å². The van der Waals surface area contributed by atoms with Gasteiger partial charge in [0.25, 0.3) is 0 Å². The summed E-state index contributed by atoms with van der Waals surface area (Å²) in [5.74, 6) is -0.0702. The summed E-state index contributed by atoms with van der Waals surface area (Å²) >= 11 is 0. The topological polar surface area (TPSA) is 49.4 Å². The number of rotatable bonds is 4. The molecule has 0 bridgehead atoms. The van der Waals surface area contributed by atoms with Crippen LogP contribution in [0.15, 0.2) is 24.3 Å². The Kier molecular flexibility index (Phi) is 5.97. The second kappa shape index (κ2) is 7.77. The van der Waals surface area contributed by atoms with Gasteiger partial charge in [0.1, 0.15) is 5.82 Å². The van der Waals surface area contributed by atoms with Crippen LogP contribution in [0.4, 0.5) is 4.39 Å². The van der Waals surface area contributed by atoms with Crippen molar-refractivity contribution in [2.45, 2.75) is 40.0 Å². The maximum Gasteiger partial charge on any atom is 0.227 e. The molecule has 0 aromatic heterocycles. The van der Waals surface area contributed by atoms with Gasteiger partial charge < -0.3 is 10.2 Å². The SMILES string of the molecule is CC(C)(C)C(=O)N1CCC(C(=O)NCCc2ccc(F)cc2)CC1. The quantitative estimate of drug-likeness (QED) is 0.920. The van der Waals surface area contributed by atoms with E-state index in [4.69, 9.17) is 0 Å². The molecule has 0 unspecified atom stereocenters. The van der Waals surface area contributed by atoms with Gasteiger partial charge in [-0.25, -0.2) is 4.39 Å². The summed E-state index contributed by atoms with van der Waals surface area (Å²) in [7, 11) is 0. The molecule has 1 N–H and O–H groups in total. The zero-order valence-corrected chi connectivity index (χ0v) is 14.8. The predicted octanol–water partition coefficient (Wildman–Crippen LogP) is 2.77. The second-order valence-corrected chi connectivity index (χ2v) is 7.48. The van der Waals surface area contributed by atoms with Gasteiger partial charge in [0.15, 0.2) is 0 Å². The first-order chi connectivity index (χ1) is 11.3. The lowest BCUT2D eigenvalue weighted by Crippen LogP contribution is -2.46. The van der Waals surface area contributed by atoms with Gasteiger partial charge in [-0.3, -0.25) is 9.59 Å². The molecule has 24 heavy (non-hydrogen) atoms. The molecule has 0 radical (unpaired) electrons. The fraction of sp³-hybridized carbons (Fsp3) is 0.579. The van der Waals surface area contributed by atoms with Gasteiger partial charge in [0, 0.05) is 31.0 Å². The van der Waals surface area contributed by atoms with Gasteiger partial charge >= 0.3 is 0 Å². The summed E-state index contributed by atoms with van der Waals surface area (Å²) < 4.78 is 12.8. The molecule has 0 atom stereocenters. The highest BCUT2D eigenvalue weighted by atomic mass is 19.1. The molecule has 0 saturated carbocycles. The molecule has 0 aliphatic carbocycles. The summed E-state index contributed by atoms with van der Waals surface area (Å²) in [5, 5.41) is 2.95. The maximum atomic E-state index is 12.8. The van der Waals surface area contributed by atoms with E-state index in [0.29, 0.717) is 38.9 Å². The van der Waals surface area contributed by atoms with Crippen LogP contribution in [-0.4, -0.2) is 36.3 Å². The molecule has 0 spiro atoms. The first-order valence-electron chi connectivity index (χ1n) is 8.59. The van der Waals surface area contributed by atoms with Crippen molar-refractivity contribution in [1.82, 2.24) is 10.2 Å². The van der Waals surface area contributed by atoms with Crippen molar-refractivity contribution in [1.29, 1.82) is 0 Å². The number of halogens is 1. The summed E-state index contributed by atoms with van der Waals surface area (Å²) in [6.07, 6.45) is 2.11. The minimum Gasteiger partial charge on any atom is -0.356 e. The molecule has 132 valence electrons. The van der Waals surface area contributed by atoms with Crippen LogP contribution in [0.1, 0.15) is 39.2 Å². The van der Waals surface area contributed by atoms with Gasteiger partial charge in [-0.05, 0) is 37.0 Å². The van der Waals surface area contributed by atoms with E-state index in [1.165, 1.54) is 12.1 Å². The van der Waals surface area contributed by atoms with E-state index in [0.717, 1.165) is 5.56 Å². The maximum absolute atomic E-state index is 12.8. The number of hydrogen-bond acceptors (Lipinski definition) is 2. The molecule has 1 heterocycles. The van der Waals surface area contributed by atoms with Crippen LogP contribution in [0, 0.1) is 17.2 Å². The summed E-state index contributed by atoms with van der Waals surface area (Å²) in [6, 6.07) is 6.33. The van der Waals surface area contributed by atoms with Crippen LogP contribution in [0.5, 0.6) is 0 Å². The smallest absolute Gasteiger partial charge is 0.227 e. The normalized spacial score (nSPS) is 16.1. The molecule has 1 fully saturated rings. The van der Waals surface area contributed by atoms with E-state index < -0.39 is 0 Å². The molecule has 1 aliphatic heterocycles. The molecular weight excluding hydrogens is 307 g/mol. The Morgan fingerprint density at radius 3 is 2.29 bits per heavy atom. The van der Waals surface area contributed by atoms with Crippen LogP contribution in [-0.2, 0) is 16.0 Å². The van der Waals surface area contributed by atoms with Crippen molar-refractivity contribution < 1.29 is 14.0 Å². The highest BCUT2D eigenvalue weighted by Gasteiger charge is 2.32. The Morgan fingerprint density at radius 2 is 1.75 bits per heavy atom. The molecule has 4 nitrogen and oxygen atoms in total. The number of hydrogen-bond donors (Lipinski definition) is 1. The fourth-order valence-corrected chi connectivity index (χ4v) is 2.94. The minimum absolute atomic E-state index is 0.0257. The van der Waals surface area contributed by atoms with Crippen LogP contribution in [0.2, 0.25) is 0 Å². The highest BCUT2D eigenvalue weighted by Crippen LogP contribution is 2.23. The third-order valence-electron chi connectivity index (χ3n) is 4.42. The fourth-order valence-electron chi connectivity index (χ4n) is 2.94. The third kappa shape index (κ3) is 5.05. The lowest BCUT2D eigenvalue weighted by atomic mass is 9.90. The molecule has 1 aromatic rings. The number of carbonyl (C=O) groups excluding carboxylic acids is 2. The van der Waals surface area contributed by atoms with E-state index in [9.17, 15) is 14.0 Å². The molecule has 5 heteroatoms. The van der Waals surface area contributed by atoms with Crippen molar-refractivity contribution in [3.05, 3.63) is 35.6 Å². The van der Waals surface area contributed by atoms with Crippen LogP contribution < -0.4 is 5.32 Å². The van der Waals surface area contributed by atoms with Crippen molar-refractivity contribution >= 4 is 11.8 Å². The van der Waals surface area contributed by atoms with E-state index in [1.807, 2.05) is 25.7 Å². The van der Waals surface area contributed by atoms with E-state index in [-0.39, 0.29) is 29.0 Å². The number of benzene rings is 1. The van der Waals surface area contributed by atoms with E-state index in [1.54, 1.807) is 12.1 Å². The first kappa shape index (κ1) is 18.4. The van der Waals surface area contributed by atoms with E-state index >= 15 is 0 Å². The molecule has 2 rings (SSSR count). The Morgan fingerprint density at radius 1 is 1.17 bits per heavy atom. The number of nitrogens with zero attached hydrogens (tertiary/aromatic N) is 1. The van der Waals surface area contributed by atoms with Crippen LogP contribution in [0.3, 0.4) is 0 Å². The second-order valence-electron chi connectivity index (χ2n) is 7.48. The molecule has 1 aliphatic rings. The summed E-state index contributed by atoms with van der Waals surface area (Å²) in [6.45, 7) is 7.60. The van der Waals surface area contributed by atoms with Gasteiger partial charge in [-0.2, -0.15) is 0 Å². The number of likely N-dealkylation sites (tertiary alicyclic amines) is 1. The van der Waals surface area contributed by atoms with Crippen LogP contribution in [0.25, 0.3) is 0 Å². The van der Waals surface area contributed by atoms with E-state index in [2.05, 4.69) is 5.32 Å². The van der Waals surface area contributed by atoms with Crippen molar-refractivity contribution in [3.63, 3.8) is 0 Å². The van der Waals surface area contributed by atoms with Gasteiger partial charge in [-0.1, -0.05) is 32.9 Å². The minimum atomic E-state index is -0.371. The van der Waals surface area contributed by atoms with Gasteiger partial charge in [0.2, 0.25) is 11.8 Å². The standard InChI is InChI=1S/C19H27FN2O2/c1-19(2,3)18(24)22-12-9-15(10-13-22)17(23)21-11-8-14-4-6-16(20)7-5-14/h4-7,15H,8-13H2,1-3H3,(H,21,23). The highest BCUT2D eigenvalue weighted by molar-refractivity contribution is 5.82. The summed E-state index contributed by atoms with van der Waals surface area (Å²) in [4.78, 5) is 26.4. The number of amides is 2. The Balaban J connectivity index is 1.73. The predicted molar refractivity (Wildman–Crippen MR) is 91.9 cm³/mol. The van der Waals surface area contributed by atoms with Crippen LogP contribution >= 0.6 is 0 Å². The Bertz CT molecular complexity index is 570. The lowest BCUT2D eigenvalue weighted by Gasteiger charge is -2.35. The molecule has 1 aromatic carbocycles. The van der Waals surface area contributed by atoms with Gasteiger partial charge in [0.05, 0.1) is 0 Å². The molecular formula is C19H27FN2O2. The number of nitrogens with one attached hydrogen (secondary N) is 1. The first-order valence-corrected chi connectivity index (χ1v) is 8.59. The Labute approximate surface area is 143 Å². The number of piperidine rings is 1. The zero-order valence-electron chi connectivity index (χ0n) is 14.8. The lowest BCUT2D eigenvalue weighted by molar-refractivity contribution is -0.142. The number of carbonyl (C=O) groups is 2. The van der Waals surface area contributed by atoms with Gasteiger partial charge in [-0.15, -0.1) is 0 Å². The average Bonchev–Trinajstić information content (AvgIpc) is 2.55. The molecule has 2 amide bonds. The molecule has 1 saturated heterocycles. The zero-order chi connectivity index (χ0) is 17.7. The Hall–Kier alpha value is -1.91. The third-order valence-corrected chi connectivity index (χ3v) is 4.42. The monoisotopic (exact) mass is 334 g/mol.